The maximum absolute atomic E-state index is 12.5. The van der Waals surface area contributed by atoms with Crippen LogP contribution in [0.15, 0.2) is 30.4 Å². The van der Waals surface area contributed by atoms with Crippen molar-refractivity contribution in [3.63, 3.8) is 0 Å². The zero-order valence-electron chi connectivity index (χ0n) is 13.8. The summed E-state index contributed by atoms with van der Waals surface area (Å²) in [5, 5.41) is 29.2. The number of phenols is 1. The van der Waals surface area contributed by atoms with Crippen LogP contribution in [0.25, 0.3) is 0 Å². The smallest absolute Gasteiger partial charge is 0.342 e. The number of phenolic OH excluding ortho intramolecular Hbond substituents is 1. The van der Waals surface area contributed by atoms with E-state index in [9.17, 15) is 15.0 Å². The van der Waals surface area contributed by atoms with Crippen LogP contribution in [0.2, 0.25) is 0 Å². The fourth-order valence-electron chi connectivity index (χ4n) is 2.83. The number of carbonyl (C=O) groups excluding carboxylic acids is 1. The second-order valence-electron chi connectivity index (χ2n) is 6.23. The van der Waals surface area contributed by atoms with Crippen molar-refractivity contribution >= 4 is 5.97 Å². The fourth-order valence-corrected chi connectivity index (χ4v) is 2.83. The number of cyclic esters (lactones) is 1. The van der Waals surface area contributed by atoms with E-state index in [0.717, 1.165) is 0 Å². The summed E-state index contributed by atoms with van der Waals surface area (Å²) in [6, 6.07) is 6.98. The van der Waals surface area contributed by atoms with E-state index in [0.29, 0.717) is 24.8 Å². The average molecular weight is 329 g/mol. The van der Waals surface area contributed by atoms with Crippen LogP contribution in [-0.2, 0) is 11.2 Å². The Kier molecular flexibility index (Phi) is 6.39. The largest absolute Gasteiger partial charge is 0.507 e. The summed E-state index contributed by atoms with van der Waals surface area (Å²) in [5.74, 6) is -0.691. The molecule has 0 fully saturated rings. The number of fused-ring (bicyclic) bond motifs is 1. The van der Waals surface area contributed by atoms with Gasteiger partial charge >= 0.3 is 5.97 Å². The number of carbonyl (C=O) groups is 1. The van der Waals surface area contributed by atoms with Gasteiger partial charge in [0.25, 0.3) is 0 Å². The third-order valence-electron chi connectivity index (χ3n) is 4.36. The Morgan fingerprint density at radius 1 is 1.38 bits per heavy atom. The van der Waals surface area contributed by atoms with Crippen molar-refractivity contribution in [1.82, 2.24) is 0 Å². The van der Waals surface area contributed by atoms with Gasteiger partial charge in [-0.05, 0) is 36.8 Å². The zero-order valence-corrected chi connectivity index (χ0v) is 13.8. The molecule has 2 N–H and O–H groups in total. The van der Waals surface area contributed by atoms with Gasteiger partial charge in [0.15, 0.2) is 0 Å². The molecule has 0 saturated carbocycles. The van der Waals surface area contributed by atoms with E-state index < -0.39 is 18.2 Å². The van der Waals surface area contributed by atoms with E-state index in [2.05, 4.69) is 0 Å². The first kappa shape index (κ1) is 18.0. The Bertz CT molecular complexity index is 647. The van der Waals surface area contributed by atoms with Crippen LogP contribution < -0.4 is 0 Å². The molecule has 1 aromatic carbocycles. The van der Waals surface area contributed by atoms with Gasteiger partial charge in [0, 0.05) is 12.8 Å². The van der Waals surface area contributed by atoms with Gasteiger partial charge < -0.3 is 14.9 Å². The van der Waals surface area contributed by atoms with Crippen LogP contribution in [-0.4, -0.2) is 28.4 Å². The van der Waals surface area contributed by atoms with Crippen LogP contribution in [0.3, 0.4) is 0 Å². The number of hydrogen-bond acceptors (Lipinski definition) is 5. The number of rotatable bonds is 2. The van der Waals surface area contributed by atoms with E-state index in [4.69, 9.17) is 10.00 Å². The molecule has 0 radical (unpaired) electrons. The molecule has 5 heteroatoms. The van der Waals surface area contributed by atoms with E-state index >= 15 is 0 Å². The van der Waals surface area contributed by atoms with Gasteiger partial charge in [-0.3, -0.25) is 0 Å². The molecule has 3 atom stereocenters. The van der Waals surface area contributed by atoms with E-state index in [1.807, 2.05) is 25.1 Å². The summed E-state index contributed by atoms with van der Waals surface area (Å²) >= 11 is 0. The van der Waals surface area contributed by atoms with Crippen molar-refractivity contribution in [2.45, 2.75) is 51.2 Å². The molecule has 5 nitrogen and oxygen atoms in total. The van der Waals surface area contributed by atoms with Crippen molar-refractivity contribution in [1.29, 1.82) is 5.26 Å². The van der Waals surface area contributed by atoms with Crippen LogP contribution in [0.1, 0.15) is 48.5 Å². The summed E-state index contributed by atoms with van der Waals surface area (Å²) in [6.45, 7) is 1.95. The highest BCUT2D eigenvalue weighted by molar-refractivity contribution is 5.94. The van der Waals surface area contributed by atoms with Crippen LogP contribution >= 0.6 is 0 Å². The minimum Gasteiger partial charge on any atom is -0.507 e. The maximum atomic E-state index is 12.5. The van der Waals surface area contributed by atoms with Crippen molar-refractivity contribution < 1.29 is 19.7 Å². The highest BCUT2D eigenvalue weighted by atomic mass is 16.5. The quantitative estimate of drug-likeness (QED) is 0.642. The Balaban J connectivity index is 2.33. The fraction of sp³-hybridized carbons (Fsp3) is 0.474. The number of nitriles is 1. The van der Waals surface area contributed by atoms with Gasteiger partial charge in [-0.2, -0.15) is 5.26 Å². The zero-order chi connectivity index (χ0) is 17.5. The number of ether oxygens (including phenoxy) is 1. The molecule has 0 amide bonds. The number of esters is 1. The third-order valence-corrected chi connectivity index (χ3v) is 4.36. The summed E-state index contributed by atoms with van der Waals surface area (Å²) < 4.78 is 5.52. The monoisotopic (exact) mass is 329 g/mol. The number of benzene rings is 1. The number of aliphatic hydroxyl groups is 1. The first-order chi connectivity index (χ1) is 11.5. The molecular formula is C19H23NO4. The van der Waals surface area contributed by atoms with Crippen molar-refractivity contribution in [3.05, 3.63) is 41.5 Å². The number of aliphatic hydroxyl groups excluding tert-OH is 1. The minimum atomic E-state index is -0.616. The summed E-state index contributed by atoms with van der Waals surface area (Å²) in [5.41, 5.74) is 0.858. The lowest BCUT2D eigenvalue weighted by molar-refractivity contribution is 0.00380. The molecular weight excluding hydrogens is 306 g/mol. The topological polar surface area (TPSA) is 90.5 Å². The molecule has 0 unspecified atom stereocenters. The molecule has 1 heterocycles. The molecule has 128 valence electrons. The van der Waals surface area contributed by atoms with E-state index in [-0.39, 0.29) is 30.1 Å². The molecule has 0 bridgehead atoms. The second kappa shape index (κ2) is 8.51. The molecule has 0 spiro atoms. The Morgan fingerprint density at radius 3 is 2.92 bits per heavy atom. The number of nitrogens with zero attached hydrogens (tertiary/aromatic N) is 1. The average Bonchev–Trinajstić information content (AvgIpc) is 2.55. The van der Waals surface area contributed by atoms with Gasteiger partial charge in [-0.1, -0.05) is 31.2 Å². The van der Waals surface area contributed by atoms with Crippen molar-refractivity contribution in [2.24, 2.45) is 5.92 Å². The predicted molar refractivity (Wildman–Crippen MR) is 89.4 cm³/mol. The number of allylic oxidation sites excluding steroid dienone is 2. The molecule has 1 aliphatic heterocycles. The summed E-state index contributed by atoms with van der Waals surface area (Å²) in [7, 11) is 0. The van der Waals surface area contributed by atoms with E-state index in [1.165, 1.54) is 6.07 Å². The molecule has 1 aliphatic rings. The van der Waals surface area contributed by atoms with Crippen LogP contribution in [0.4, 0.5) is 0 Å². The van der Waals surface area contributed by atoms with Crippen molar-refractivity contribution in [2.75, 3.05) is 0 Å². The highest BCUT2D eigenvalue weighted by Crippen LogP contribution is 2.26. The lowest BCUT2D eigenvalue weighted by Crippen LogP contribution is -2.28. The first-order valence-corrected chi connectivity index (χ1v) is 8.24. The number of hydrogen-bond donors (Lipinski definition) is 2. The van der Waals surface area contributed by atoms with Crippen molar-refractivity contribution in [3.8, 4) is 11.8 Å². The molecule has 2 rings (SSSR count). The summed E-state index contributed by atoms with van der Waals surface area (Å²) in [6.07, 6.45) is 4.86. The summed E-state index contributed by atoms with van der Waals surface area (Å²) in [4.78, 5) is 12.5. The molecule has 1 aromatic rings. The van der Waals surface area contributed by atoms with E-state index in [1.54, 1.807) is 12.1 Å². The van der Waals surface area contributed by atoms with Crippen LogP contribution in [0.5, 0.6) is 5.75 Å². The number of aromatic hydroxyl groups is 1. The molecule has 0 saturated heterocycles. The second-order valence-corrected chi connectivity index (χ2v) is 6.23. The SMILES string of the molecule is C[C@H]1C/C=C\Cc2cccc(O)c2C(=O)O[C@H](CCC#N)C[C@@H]1O. The Morgan fingerprint density at radius 2 is 2.17 bits per heavy atom. The maximum Gasteiger partial charge on any atom is 0.342 e. The van der Waals surface area contributed by atoms with Gasteiger partial charge in [0.05, 0.1) is 12.2 Å². The third kappa shape index (κ3) is 4.59. The Labute approximate surface area is 142 Å². The van der Waals surface area contributed by atoms with Gasteiger partial charge in [-0.25, -0.2) is 4.79 Å². The van der Waals surface area contributed by atoms with Gasteiger partial charge in [-0.15, -0.1) is 0 Å². The van der Waals surface area contributed by atoms with Gasteiger partial charge in [0.2, 0.25) is 0 Å². The lowest BCUT2D eigenvalue weighted by atomic mass is 9.93. The van der Waals surface area contributed by atoms with Crippen LogP contribution in [0, 0.1) is 17.2 Å². The minimum absolute atomic E-state index is 0.0348. The Hall–Kier alpha value is -2.32. The normalized spacial score (nSPS) is 26.2. The molecule has 0 aromatic heterocycles. The standard InChI is InChI=1S/C19H23NO4/c1-13-6-2-3-7-14-8-4-10-16(21)18(14)19(23)24-15(9-5-11-20)12-17(13)22/h2-4,8,10,13,15,17,21-22H,5-7,9,12H2,1H3/b3-2-/t13-,15+,17-/m0/s1. The van der Waals surface area contributed by atoms with Gasteiger partial charge in [0.1, 0.15) is 17.4 Å². The highest BCUT2D eigenvalue weighted by Gasteiger charge is 2.25. The molecule has 0 aliphatic carbocycles. The lowest BCUT2D eigenvalue weighted by Gasteiger charge is -2.24. The predicted octanol–water partition coefficient (Wildman–Crippen LogP) is 3.11. The molecule has 24 heavy (non-hydrogen) atoms. The first-order valence-electron chi connectivity index (χ1n) is 8.24.